The summed E-state index contributed by atoms with van der Waals surface area (Å²) in [5, 5.41) is 5.49. The smallest absolute Gasteiger partial charge is 0.258 e. The highest BCUT2D eigenvalue weighted by molar-refractivity contribution is 7.80. The molecule has 1 aromatic heterocycles. The predicted octanol–water partition coefficient (Wildman–Crippen LogP) is 4.56. The zero-order chi connectivity index (χ0) is 25.1. The van der Waals surface area contributed by atoms with E-state index < -0.39 is 17.6 Å². The van der Waals surface area contributed by atoms with Gasteiger partial charge in [0.1, 0.15) is 19.5 Å². The normalized spacial score (nSPS) is 10.6. The van der Waals surface area contributed by atoms with Gasteiger partial charge in [-0.05, 0) is 66.4 Å². The fourth-order valence-corrected chi connectivity index (χ4v) is 4.09. The van der Waals surface area contributed by atoms with Crippen LogP contribution in [-0.4, -0.2) is 24.6 Å². The van der Waals surface area contributed by atoms with E-state index in [4.69, 9.17) is 0 Å². The van der Waals surface area contributed by atoms with Crippen molar-refractivity contribution in [2.45, 2.75) is 18.7 Å². The molecule has 0 spiro atoms. The molecule has 0 aliphatic rings. The number of amides is 2. The molecule has 5 nitrogen and oxygen atoms in total. The summed E-state index contributed by atoms with van der Waals surface area (Å²) in [6.07, 6.45) is 1.65. The third-order valence-corrected chi connectivity index (χ3v) is 5.93. The topological polar surface area (TPSA) is 71.1 Å². The second-order valence-electron chi connectivity index (χ2n) is 8.35. The lowest BCUT2D eigenvalue weighted by molar-refractivity contribution is 0.102. The van der Waals surface area contributed by atoms with Crippen molar-refractivity contribution in [3.63, 3.8) is 0 Å². The quantitative estimate of drug-likeness (QED) is 0.288. The third-order valence-electron chi connectivity index (χ3n) is 5.54. The molecule has 4 rings (SSSR count). The predicted molar refractivity (Wildman–Crippen MR) is 143 cm³/mol. The number of pyridine rings is 1. The van der Waals surface area contributed by atoms with E-state index in [1.165, 1.54) is 12.1 Å². The molecule has 0 saturated heterocycles. The van der Waals surface area contributed by atoms with Gasteiger partial charge in [0.2, 0.25) is 0 Å². The summed E-state index contributed by atoms with van der Waals surface area (Å²) in [4.78, 5) is 31.0. The van der Waals surface area contributed by atoms with Crippen LogP contribution < -0.4 is 16.1 Å². The maximum Gasteiger partial charge on any atom is 0.258 e. The van der Waals surface area contributed by atoms with E-state index in [9.17, 15) is 14.0 Å². The standard InChI is InChI=1S/C27H23BFN3O2S/c1-15-11-16(2)25(21(12-15)27(34)31-24-10-8-18(28)14-30-24)32-26(33)20-9-7-17(13-22(20)29)19-5-3-4-6-23(19)35/h3-14,35H,28H2,1-2H3,(H,32,33)(H,30,31,34). The fourth-order valence-electron chi connectivity index (χ4n) is 3.80. The highest BCUT2D eigenvalue weighted by Gasteiger charge is 2.20. The molecule has 0 fully saturated rings. The van der Waals surface area contributed by atoms with Gasteiger partial charge in [-0.1, -0.05) is 41.9 Å². The average molecular weight is 483 g/mol. The highest BCUT2D eigenvalue weighted by Crippen LogP contribution is 2.29. The van der Waals surface area contributed by atoms with Crippen molar-refractivity contribution in [3.8, 4) is 11.1 Å². The van der Waals surface area contributed by atoms with E-state index in [1.54, 1.807) is 31.3 Å². The Morgan fingerprint density at radius 2 is 1.66 bits per heavy atom. The van der Waals surface area contributed by atoms with Crippen LogP contribution >= 0.6 is 12.6 Å². The molecule has 8 heteroatoms. The van der Waals surface area contributed by atoms with E-state index in [0.717, 1.165) is 16.6 Å². The molecule has 35 heavy (non-hydrogen) atoms. The van der Waals surface area contributed by atoms with Gasteiger partial charge in [0.25, 0.3) is 11.8 Å². The van der Waals surface area contributed by atoms with E-state index >= 15 is 0 Å². The van der Waals surface area contributed by atoms with Crippen LogP contribution in [0.5, 0.6) is 0 Å². The van der Waals surface area contributed by atoms with Gasteiger partial charge in [-0.25, -0.2) is 9.37 Å². The lowest BCUT2D eigenvalue weighted by atomic mass is 9.99. The highest BCUT2D eigenvalue weighted by atomic mass is 32.1. The number of carbonyl (C=O) groups is 2. The van der Waals surface area contributed by atoms with Crippen molar-refractivity contribution < 1.29 is 14.0 Å². The molecule has 0 saturated carbocycles. The monoisotopic (exact) mass is 483 g/mol. The van der Waals surface area contributed by atoms with Crippen molar-refractivity contribution in [3.05, 3.63) is 101 Å². The minimum absolute atomic E-state index is 0.128. The number of halogens is 1. The van der Waals surface area contributed by atoms with Crippen molar-refractivity contribution in [2.75, 3.05) is 10.6 Å². The fraction of sp³-hybridized carbons (Fsp3) is 0.0741. The van der Waals surface area contributed by atoms with Crippen molar-refractivity contribution in [1.29, 1.82) is 0 Å². The maximum absolute atomic E-state index is 15.0. The number of thiol groups is 1. The van der Waals surface area contributed by atoms with Crippen LogP contribution in [0.1, 0.15) is 31.8 Å². The molecular formula is C27H23BFN3O2S. The number of aryl methyl sites for hydroxylation is 2. The van der Waals surface area contributed by atoms with Crippen molar-refractivity contribution in [1.82, 2.24) is 4.98 Å². The lowest BCUT2D eigenvalue weighted by Gasteiger charge is -2.16. The molecule has 1 heterocycles. The summed E-state index contributed by atoms with van der Waals surface area (Å²) in [6, 6.07) is 18.8. The van der Waals surface area contributed by atoms with Gasteiger partial charge in [-0.15, -0.1) is 12.6 Å². The number of nitrogens with zero attached hydrogens (tertiary/aromatic N) is 1. The molecule has 174 valence electrons. The van der Waals surface area contributed by atoms with Crippen LogP contribution in [0.15, 0.2) is 77.8 Å². The van der Waals surface area contributed by atoms with Gasteiger partial charge in [0.05, 0.1) is 16.8 Å². The zero-order valence-electron chi connectivity index (χ0n) is 19.5. The molecule has 0 unspecified atom stereocenters. The van der Waals surface area contributed by atoms with Crippen LogP contribution in [0.4, 0.5) is 15.9 Å². The number of anilines is 2. The second kappa shape index (κ2) is 10.2. The molecule has 0 atom stereocenters. The lowest BCUT2D eigenvalue weighted by Crippen LogP contribution is -2.21. The van der Waals surface area contributed by atoms with Gasteiger partial charge in [0.15, 0.2) is 0 Å². The summed E-state index contributed by atoms with van der Waals surface area (Å²) in [6.45, 7) is 3.64. The number of hydrogen-bond acceptors (Lipinski definition) is 4. The van der Waals surface area contributed by atoms with Crippen molar-refractivity contribution in [2.24, 2.45) is 0 Å². The Kier molecular flexibility index (Phi) is 7.03. The number of benzene rings is 3. The van der Waals surface area contributed by atoms with Crippen LogP contribution in [0, 0.1) is 19.7 Å². The number of rotatable bonds is 5. The Morgan fingerprint density at radius 3 is 2.34 bits per heavy atom. The van der Waals surface area contributed by atoms with Crippen LogP contribution in [0.3, 0.4) is 0 Å². The summed E-state index contributed by atoms with van der Waals surface area (Å²) >= 11 is 4.42. The Hall–Kier alpha value is -3.91. The van der Waals surface area contributed by atoms with Gasteiger partial charge in [-0.2, -0.15) is 0 Å². The van der Waals surface area contributed by atoms with Crippen LogP contribution in [0.25, 0.3) is 11.1 Å². The largest absolute Gasteiger partial charge is 0.321 e. The Labute approximate surface area is 209 Å². The van der Waals surface area contributed by atoms with Gasteiger partial charge in [-0.3, -0.25) is 9.59 Å². The van der Waals surface area contributed by atoms with Gasteiger partial charge >= 0.3 is 0 Å². The van der Waals surface area contributed by atoms with Gasteiger partial charge < -0.3 is 10.6 Å². The first-order valence-corrected chi connectivity index (χ1v) is 11.4. The summed E-state index contributed by atoms with van der Waals surface area (Å²) in [7, 11) is 1.90. The third kappa shape index (κ3) is 5.44. The first-order valence-electron chi connectivity index (χ1n) is 11.0. The number of aromatic nitrogens is 1. The van der Waals surface area contributed by atoms with E-state index in [0.29, 0.717) is 27.5 Å². The minimum atomic E-state index is -0.670. The second-order valence-corrected chi connectivity index (χ2v) is 8.83. The van der Waals surface area contributed by atoms with E-state index in [2.05, 4.69) is 28.2 Å². The van der Waals surface area contributed by atoms with E-state index in [-0.39, 0.29) is 11.1 Å². The summed E-state index contributed by atoms with van der Waals surface area (Å²) in [5.41, 5.74) is 4.32. The van der Waals surface area contributed by atoms with Crippen molar-refractivity contribution >= 4 is 49.3 Å². The molecule has 0 radical (unpaired) electrons. The minimum Gasteiger partial charge on any atom is -0.321 e. The molecule has 4 aromatic rings. The van der Waals surface area contributed by atoms with E-state index in [1.807, 2.05) is 51.2 Å². The molecule has 0 aliphatic carbocycles. The average Bonchev–Trinajstić information content (AvgIpc) is 2.82. The first-order chi connectivity index (χ1) is 16.7. The maximum atomic E-state index is 15.0. The molecule has 2 N–H and O–H groups in total. The Bertz CT molecular complexity index is 1440. The SMILES string of the molecule is Bc1ccc(NC(=O)c2cc(C)cc(C)c2NC(=O)c2ccc(-c3ccccc3S)cc2F)nc1. The molecule has 0 bridgehead atoms. The molecule has 0 aliphatic heterocycles. The molecule has 3 aromatic carbocycles. The van der Waals surface area contributed by atoms with Crippen LogP contribution in [-0.2, 0) is 0 Å². The van der Waals surface area contributed by atoms with Gasteiger partial charge in [0, 0.05) is 11.1 Å². The summed E-state index contributed by atoms with van der Waals surface area (Å²) < 4.78 is 15.0. The molecular weight excluding hydrogens is 460 g/mol. The zero-order valence-corrected chi connectivity index (χ0v) is 20.4. The first kappa shape index (κ1) is 24.2. The van der Waals surface area contributed by atoms with Crippen LogP contribution in [0.2, 0.25) is 0 Å². The number of hydrogen-bond donors (Lipinski definition) is 3. The Balaban J connectivity index is 1.62. The summed E-state index contributed by atoms with van der Waals surface area (Å²) in [5.74, 6) is -1.35. The molecule has 2 amide bonds. The Morgan fingerprint density at radius 1 is 0.914 bits per heavy atom. The number of carbonyl (C=O) groups excluding carboxylic acids is 2. The number of nitrogens with one attached hydrogen (secondary N) is 2.